The van der Waals surface area contributed by atoms with E-state index >= 15 is 0 Å². The van der Waals surface area contributed by atoms with Crippen LogP contribution in [0.1, 0.15) is 19.8 Å². The minimum Gasteiger partial charge on any atom is -0.496 e. The van der Waals surface area contributed by atoms with Crippen molar-refractivity contribution in [2.24, 2.45) is 0 Å². The number of rotatable bonds is 9. The number of amides is 1. The van der Waals surface area contributed by atoms with E-state index in [0.717, 1.165) is 24.6 Å². The van der Waals surface area contributed by atoms with Gasteiger partial charge >= 0.3 is 0 Å². The summed E-state index contributed by atoms with van der Waals surface area (Å²) < 4.78 is 8.38. The maximum Gasteiger partial charge on any atom is 0.296 e. The van der Waals surface area contributed by atoms with Gasteiger partial charge in [0.15, 0.2) is 5.16 Å². The van der Waals surface area contributed by atoms with Crippen molar-refractivity contribution >= 4 is 45.7 Å². The number of nitrogens with one attached hydrogen (secondary N) is 1. The van der Waals surface area contributed by atoms with E-state index in [4.69, 9.17) is 4.74 Å². The summed E-state index contributed by atoms with van der Waals surface area (Å²) in [5.74, 6) is 0.214. The molecule has 0 aliphatic rings. The second kappa shape index (κ2) is 9.91. The molecule has 0 fully saturated rings. The topological polar surface area (TPSA) is 134 Å². The standard InChI is InChI=1S/C22H22N6O5S/c1-3-4-11-26-20(30)15-7-5-6-8-17(15)27-21(26)24-25-22(27)34-13-19(29)23-16-10-9-14(33-2)12-18(16)28(31)32/h5-10,12H,3-4,11,13H2,1-2H3,(H,23,29). The average molecular weight is 483 g/mol. The smallest absolute Gasteiger partial charge is 0.296 e. The van der Waals surface area contributed by atoms with E-state index in [1.54, 1.807) is 21.1 Å². The molecule has 0 unspecified atom stereocenters. The molecule has 0 saturated heterocycles. The van der Waals surface area contributed by atoms with Gasteiger partial charge in [-0.2, -0.15) is 0 Å². The average Bonchev–Trinajstić information content (AvgIpc) is 3.27. The first-order chi connectivity index (χ1) is 16.4. The third-order valence-corrected chi connectivity index (χ3v) is 6.15. The number of hydrogen-bond acceptors (Lipinski definition) is 8. The van der Waals surface area contributed by atoms with Gasteiger partial charge in [-0.15, -0.1) is 10.2 Å². The zero-order valence-corrected chi connectivity index (χ0v) is 19.4. The van der Waals surface area contributed by atoms with Gasteiger partial charge in [-0.1, -0.05) is 37.2 Å². The summed E-state index contributed by atoms with van der Waals surface area (Å²) in [5.41, 5.74) is 0.317. The number of benzene rings is 2. The van der Waals surface area contributed by atoms with E-state index in [-0.39, 0.29) is 22.7 Å². The fraction of sp³-hybridized carbons (Fsp3) is 0.273. The van der Waals surface area contributed by atoms with Crippen LogP contribution in [0.5, 0.6) is 5.75 Å². The second-order valence-electron chi connectivity index (χ2n) is 7.42. The molecule has 11 nitrogen and oxygen atoms in total. The number of carbonyl (C=O) groups excluding carboxylic acids is 1. The summed E-state index contributed by atoms with van der Waals surface area (Å²) in [6, 6.07) is 11.4. The molecule has 12 heteroatoms. The van der Waals surface area contributed by atoms with Crippen molar-refractivity contribution in [3.05, 3.63) is 62.9 Å². The Bertz CT molecular complexity index is 1450. The predicted octanol–water partition coefficient (Wildman–Crippen LogP) is 3.49. The SMILES string of the molecule is CCCCn1c(=O)c2ccccc2n2c(SCC(=O)Nc3ccc(OC)cc3[N+](=O)[O-])nnc12. The summed E-state index contributed by atoms with van der Waals surface area (Å²) in [7, 11) is 1.41. The van der Waals surface area contributed by atoms with Gasteiger partial charge in [0, 0.05) is 6.54 Å². The summed E-state index contributed by atoms with van der Waals surface area (Å²) >= 11 is 1.13. The molecular formula is C22H22N6O5S. The summed E-state index contributed by atoms with van der Waals surface area (Å²) in [6.45, 7) is 2.55. The molecular weight excluding hydrogens is 460 g/mol. The van der Waals surface area contributed by atoms with Crippen LogP contribution >= 0.6 is 11.8 Å². The fourth-order valence-electron chi connectivity index (χ4n) is 3.56. The Kier molecular flexibility index (Phi) is 6.77. The Hall–Kier alpha value is -3.93. The number of aryl methyl sites for hydroxylation is 1. The highest BCUT2D eigenvalue weighted by molar-refractivity contribution is 7.99. The van der Waals surface area contributed by atoms with Gasteiger partial charge in [-0.25, -0.2) is 0 Å². The molecule has 176 valence electrons. The molecule has 2 heterocycles. The molecule has 0 aliphatic heterocycles. The maximum atomic E-state index is 13.0. The zero-order chi connectivity index (χ0) is 24.2. The maximum absolute atomic E-state index is 13.0. The van der Waals surface area contributed by atoms with Crippen LogP contribution in [0.2, 0.25) is 0 Å². The van der Waals surface area contributed by atoms with E-state index in [2.05, 4.69) is 15.5 Å². The van der Waals surface area contributed by atoms with Crippen molar-refractivity contribution in [2.75, 3.05) is 18.2 Å². The lowest BCUT2D eigenvalue weighted by Gasteiger charge is -2.11. The number of carbonyl (C=O) groups is 1. The number of ether oxygens (including phenoxy) is 1. The first-order valence-electron chi connectivity index (χ1n) is 10.6. The number of nitro groups is 1. The van der Waals surface area contributed by atoms with E-state index in [0.29, 0.717) is 34.1 Å². The molecule has 34 heavy (non-hydrogen) atoms. The number of nitro benzene ring substituents is 1. The highest BCUT2D eigenvalue weighted by Crippen LogP contribution is 2.29. The first-order valence-corrected chi connectivity index (χ1v) is 11.5. The number of aromatic nitrogens is 4. The van der Waals surface area contributed by atoms with Crippen molar-refractivity contribution in [1.82, 2.24) is 19.2 Å². The van der Waals surface area contributed by atoms with Gasteiger partial charge in [0.2, 0.25) is 11.7 Å². The number of thioether (sulfide) groups is 1. The zero-order valence-electron chi connectivity index (χ0n) is 18.6. The highest BCUT2D eigenvalue weighted by atomic mass is 32.2. The Morgan fingerprint density at radius 3 is 2.76 bits per heavy atom. The van der Waals surface area contributed by atoms with Crippen molar-refractivity contribution in [3.63, 3.8) is 0 Å². The number of fused-ring (bicyclic) bond motifs is 3. The van der Waals surface area contributed by atoms with E-state index < -0.39 is 10.8 Å². The van der Waals surface area contributed by atoms with Crippen LogP contribution in [0.4, 0.5) is 11.4 Å². The number of unbranched alkanes of at least 4 members (excludes halogenated alkanes) is 1. The van der Waals surface area contributed by atoms with Crippen LogP contribution in [0.25, 0.3) is 16.7 Å². The molecule has 2 aromatic carbocycles. The Balaban J connectivity index is 1.62. The summed E-state index contributed by atoms with van der Waals surface area (Å²) in [4.78, 5) is 36.4. The Labute approximate surface area is 197 Å². The molecule has 4 rings (SSSR count). The minimum absolute atomic E-state index is 0.0631. The second-order valence-corrected chi connectivity index (χ2v) is 8.37. The lowest BCUT2D eigenvalue weighted by atomic mass is 10.2. The number of methoxy groups -OCH3 is 1. The third kappa shape index (κ3) is 4.44. The Morgan fingerprint density at radius 1 is 1.24 bits per heavy atom. The number of anilines is 1. The first kappa shape index (κ1) is 23.2. The molecule has 0 atom stereocenters. The molecule has 0 saturated carbocycles. The molecule has 0 spiro atoms. The monoisotopic (exact) mass is 482 g/mol. The molecule has 1 amide bonds. The van der Waals surface area contributed by atoms with Gasteiger partial charge in [-0.05, 0) is 30.7 Å². The lowest BCUT2D eigenvalue weighted by molar-refractivity contribution is -0.384. The van der Waals surface area contributed by atoms with E-state index in [9.17, 15) is 19.7 Å². The summed E-state index contributed by atoms with van der Waals surface area (Å²) in [5, 5.41) is 23.3. The minimum atomic E-state index is -0.584. The van der Waals surface area contributed by atoms with Gasteiger partial charge in [0.05, 0.1) is 34.8 Å². The van der Waals surface area contributed by atoms with E-state index in [1.165, 1.54) is 25.3 Å². The van der Waals surface area contributed by atoms with Crippen LogP contribution in [0, 0.1) is 10.1 Å². The van der Waals surface area contributed by atoms with Crippen molar-refractivity contribution in [2.45, 2.75) is 31.5 Å². The molecule has 4 aromatic rings. The van der Waals surface area contributed by atoms with Crippen LogP contribution < -0.4 is 15.6 Å². The largest absolute Gasteiger partial charge is 0.496 e. The van der Waals surface area contributed by atoms with Gasteiger partial charge in [0.25, 0.3) is 11.2 Å². The Morgan fingerprint density at radius 2 is 2.03 bits per heavy atom. The fourth-order valence-corrected chi connectivity index (χ4v) is 4.30. The molecule has 0 radical (unpaired) electrons. The predicted molar refractivity (Wildman–Crippen MR) is 129 cm³/mol. The lowest BCUT2D eigenvalue weighted by Crippen LogP contribution is -2.23. The van der Waals surface area contributed by atoms with Gasteiger partial charge in [-0.3, -0.25) is 28.7 Å². The third-order valence-electron chi connectivity index (χ3n) is 5.22. The summed E-state index contributed by atoms with van der Waals surface area (Å²) in [6.07, 6.45) is 1.73. The van der Waals surface area contributed by atoms with Crippen molar-refractivity contribution in [3.8, 4) is 5.75 Å². The molecule has 0 aliphatic carbocycles. The molecule has 0 bridgehead atoms. The highest BCUT2D eigenvalue weighted by Gasteiger charge is 2.20. The van der Waals surface area contributed by atoms with E-state index in [1.807, 2.05) is 19.1 Å². The van der Waals surface area contributed by atoms with Crippen molar-refractivity contribution < 1.29 is 14.5 Å². The van der Waals surface area contributed by atoms with Gasteiger partial charge in [0.1, 0.15) is 11.4 Å². The normalized spacial score (nSPS) is 11.1. The number of hydrogen-bond donors (Lipinski definition) is 1. The van der Waals surface area contributed by atoms with Crippen LogP contribution in [0.3, 0.4) is 0 Å². The molecule has 2 aromatic heterocycles. The van der Waals surface area contributed by atoms with Crippen LogP contribution in [-0.4, -0.2) is 42.9 Å². The van der Waals surface area contributed by atoms with Crippen LogP contribution in [-0.2, 0) is 11.3 Å². The van der Waals surface area contributed by atoms with Crippen molar-refractivity contribution in [1.29, 1.82) is 0 Å². The number of nitrogens with zero attached hydrogens (tertiary/aromatic N) is 5. The quantitative estimate of drug-likeness (QED) is 0.218. The van der Waals surface area contributed by atoms with Crippen LogP contribution in [0.15, 0.2) is 52.4 Å². The number of para-hydroxylation sites is 1. The van der Waals surface area contributed by atoms with Gasteiger partial charge < -0.3 is 10.1 Å². The molecule has 1 N–H and O–H groups in total.